The normalized spacial score (nSPS) is 10.5. The van der Waals surface area contributed by atoms with Crippen molar-refractivity contribution in [1.82, 2.24) is 20.6 Å². The molecule has 9 heteroatoms. The Morgan fingerprint density at radius 2 is 1.55 bits per heavy atom. The van der Waals surface area contributed by atoms with E-state index in [1.54, 1.807) is 11.3 Å². The van der Waals surface area contributed by atoms with Crippen LogP contribution in [0, 0.1) is 6.92 Å². The van der Waals surface area contributed by atoms with E-state index in [1.165, 1.54) is 11.8 Å². The quantitative estimate of drug-likeness (QED) is 0.305. The minimum absolute atomic E-state index is 0.0370. The van der Waals surface area contributed by atoms with Gasteiger partial charge in [0.05, 0.1) is 0 Å². The van der Waals surface area contributed by atoms with Crippen molar-refractivity contribution in [2.45, 2.75) is 26.7 Å². The third-order valence-corrected chi connectivity index (χ3v) is 5.82. The predicted octanol–water partition coefficient (Wildman–Crippen LogP) is 3.22. The maximum absolute atomic E-state index is 12.1. The molecule has 174 valence electrons. The monoisotopic (exact) mass is 466 g/mol. The van der Waals surface area contributed by atoms with Crippen molar-refractivity contribution < 1.29 is 9.59 Å². The summed E-state index contributed by atoms with van der Waals surface area (Å²) in [7, 11) is 0. The van der Waals surface area contributed by atoms with E-state index in [9.17, 15) is 9.59 Å². The van der Waals surface area contributed by atoms with Gasteiger partial charge >= 0.3 is 0 Å². The fourth-order valence-electron chi connectivity index (χ4n) is 3.16. The number of rotatable bonds is 12. The van der Waals surface area contributed by atoms with E-state index in [-0.39, 0.29) is 11.8 Å². The molecule has 0 fully saturated rings. The Labute approximate surface area is 198 Å². The highest BCUT2D eigenvalue weighted by atomic mass is 32.1. The van der Waals surface area contributed by atoms with Gasteiger partial charge in [-0.25, -0.2) is 9.97 Å². The highest BCUT2D eigenvalue weighted by molar-refractivity contribution is 7.09. The van der Waals surface area contributed by atoms with Gasteiger partial charge in [0.2, 0.25) is 11.8 Å². The number of aryl methyl sites for hydroxylation is 1. The summed E-state index contributed by atoms with van der Waals surface area (Å²) >= 11 is 1.67. The maximum Gasteiger partial charge on any atom is 0.220 e. The molecule has 2 amide bonds. The first-order valence-electron chi connectivity index (χ1n) is 11.0. The van der Waals surface area contributed by atoms with E-state index < -0.39 is 0 Å². The van der Waals surface area contributed by atoms with Gasteiger partial charge in [-0.2, -0.15) is 0 Å². The SMILES string of the molecule is CC(=O)NCCNc1nc(-c2ccccc2)nc(NCCNC(=O)CCc2cccs2)c1C. The Kier molecular flexibility index (Phi) is 9.19. The smallest absolute Gasteiger partial charge is 0.220 e. The van der Waals surface area contributed by atoms with Gasteiger partial charge in [-0.05, 0) is 24.8 Å². The Balaban J connectivity index is 1.59. The summed E-state index contributed by atoms with van der Waals surface area (Å²) in [5.74, 6) is 1.98. The standard InChI is InChI=1S/C24H30N6O2S/c1-17-22(27-14-12-25-18(2)31)29-24(19-7-4-3-5-8-19)30-23(17)28-15-13-26-21(32)11-10-20-9-6-16-33-20/h3-9,16H,10-15H2,1-2H3,(H,25,31)(H,26,32)(H2,27,28,29,30). The van der Waals surface area contributed by atoms with E-state index in [0.717, 1.165) is 17.5 Å². The lowest BCUT2D eigenvalue weighted by molar-refractivity contribution is -0.121. The summed E-state index contributed by atoms with van der Waals surface area (Å²) in [5, 5.41) is 14.3. The molecule has 2 aromatic heterocycles. The van der Waals surface area contributed by atoms with Crippen molar-refractivity contribution in [2.75, 3.05) is 36.8 Å². The predicted molar refractivity (Wildman–Crippen MR) is 134 cm³/mol. The molecule has 3 rings (SSSR count). The number of nitrogens with zero attached hydrogens (tertiary/aromatic N) is 2. The van der Waals surface area contributed by atoms with Crippen LogP contribution in [-0.4, -0.2) is 48.0 Å². The van der Waals surface area contributed by atoms with Gasteiger partial charge in [-0.1, -0.05) is 36.4 Å². The molecule has 3 aromatic rings. The minimum atomic E-state index is -0.0685. The number of benzene rings is 1. The average Bonchev–Trinajstić information content (AvgIpc) is 3.34. The molecule has 0 atom stereocenters. The Hall–Kier alpha value is -3.46. The fourth-order valence-corrected chi connectivity index (χ4v) is 3.87. The lowest BCUT2D eigenvalue weighted by atomic mass is 10.2. The van der Waals surface area contributed by atoms with Crippen LogP contribution < -0.4 is 21.3 Å². The van der Waals surface area contributed by atoms with Crippen LogP contribution in [0.5, 0.6) is 0 Å². The van der Waals surface area contributed by atoms with Crippen molar-refractivity contribution >= 4 is 34.8 Å². The van der Waals surface area contributed by atoms with Crippen LogP contribution in [0.1, 0.15) is 23.8 Å². The molecule has 0 aliphatic rings. The number of carbonyl (C=O) groups excluding carboxylic acids is 2. The maximum atomic E-state index is 12.1. The van der Waals surface area contributed by atoms with E-state index in [0.29, 0.717) is 50.1 Å². The van der Waals surface area contributed by atoms with Crippen LogP contribution in [0.15, 0.2) is 47.8 Å². The van der Waals surface area contributed by atoms with Gasteiger partial charge in [-0.3, -0.25) is 9.59 Å². The summed E-state index contributed by atoms with van der Waals surface area (Å²) in [6.07, 6.45) is 1.24. The first kappa shape index (κ1) is 24.2. The molecule has 4 N–H and O–H groups in total. The second-order valence-corrected chi connectivity index (χ2v) is 8.53. The molecular weight excluding hydrogens is 436 g/mol. The molecule has 0 aliphatic carbocycles. The van der Waals surface area contributed by atoms with Gasteiger partial charge < -0.3 is 21.3 Å². The van der Waals surface area contributed by atoms with Crippen LogP contribution in [0.25, 0.3) is 11.4 Å². The number of hydrogen-bond donors (Lipinski definition) is 4. The third-order valence-electron chi connectivity index (χ3n) is 4.89. The molecule has 0 saturated carbocycles. The van der Waals surface area contributed by atoms with Gasteiger partial charge in [0, 0.05) is 55.5 Å². The number of amides is 2. The molecule has 0 saturated heterocycles. The molecule has 0 spiro atoms. The van der Waals surface area contributed by atoms with Crippen LogP contribution in [-0.2, 0) is 16.0 Å². The average molecular weight is 467 g/mol. The van der Waals surface area contributed by atoms with Crippen molar-refractivity contribution in [3.63, 3.8) is 0 Å². The number of hydrogen-bond acceptors (Lipinski definition) is 7. The van der Waals surface area contributed by atoms with Crippen LogP contribution in [0.2, 0.25) is 0 Å². The Bertz CT molecular complexity index is 1040. The number of thiophene rings is 1. The molecule has 33 heavy (non-hydrogen) atoms. The Morgan fingerprint density at radius 3 is 2.15 bits per heavy atom. The minimum Gasteiger partial charge on any atom is -0.368 e. The van der Waals surface area contributed by atoms with Gasteiger partial charge in [0.15, 0.2) is 5.82 Å². The summed E-state index contributed by atoms with van der Waals surface area (Å²) in [5.41, 5.74) is 1.79. The summed E-state index contributed by atoms with van der Waals surface area (Å²) < 4.78 is 0. The van der Waals surface area contributed by atoms with E-state index in [4.69, 9.17) is 4.98 Å². The zero-order valence-corrected chi connectivity index (χ0v) is 19.8. The third kappa shape index (κ3) is 7.87. The highest BCUT2D eigenvalue weighted by Crippen LogP contribution is 2.24. The van der Waals surface area contributed by atoms with Gasteiger partial charge in [0.1, 0.15) is 11.6 Å². The highest BCUT2D eigenvalue weighted by Gasteiger charge is 2.12. The van der Waals surface area contributed by atoms with Crippen molar-refractivity contribution in [3.05, 3.63) is 58.3 Å². The zero-order valence-electron chi connectivity index (χ0n) is 19.0. The first-order valence-corrected chi connectivity index (χ1v) is 11.9. The lowest BCUT2D eigenvalue weighted by Gasteiger charge is -2.16. The van der Waals surface area contributed by atoms with Gasteiger partial charge in [0.25, 0.3) is 0 Å². The van der Waals surface area contributed by atoms with E-state index in [1.807, 2.05) is 54.8 Å². The summed E-state index contributed by atoms with van der Waals surface area (Å²) in [6.45, 7) is 5.52. The first-order chi connectivity index (χ1) is 16.0. The second kappa shape index (κ2) is 12.5. The molecule has 2 heterocycles. The van der Waals surface area contributed by atoms with Crippen molar-refractivity contribution in [1.29, 1.82) is 0 Å². The van der Waals surface area contributed by atoms with Crippen molar-refractivity contribution in [2.24, 2.45) is 0 Å². The molecule has 0 radical (unpaired) electrons. The molecular formula is C24H30N6O2S. The van der Waals surface area contributed by atoms with Crippen LogP contribution in [0.3, 0.4) is 0 Å². The molecule has 0 unspecified atom stereocenters. The zero-order chi connectivity index (χ0) is 23.5. The molecule has 0 bridgehead atoms. The van der Waals surface area contributed by atoms with Crippen LogP contribution in [0.4, 0.5) is 11.6 Å². The van der Waals surface area contributed by atoms with Crippen LogP contribution >= 0.6 is 11.3 Å². The fraction of sp³-hybridized carbons (Fsp3) is 0.333. The molecule has 1 aromatic carbocycles. The molecule has 8 nitrogen and oxygen atoms in total. The molecule has 0 aliphatic heterocycles. The topological polar surface area (TPSA) is 108 Å². The summed E-state index contributed by atoms with van der Waals surface area (Å²) in [6, 6.07) is 13.8. The van der Waals surface area contributed by atoms with E-state index >= 15 is 0 Å². The van der Waals surface area contributed by atoms with Gasteiger partial charge in [-0.15, -0.1) is 11.3 Å². The van der Waals surface area contributed by atoms with E-state index in [2.05, 4.69) is 26.3 Å². The van der Waals surface area contributed by atoms with Crippen molar-refractivity contribution in [3.8, 4) is 11.4 Å². The number of aromatic nitrogens is 2. The second-order valence-electron chi connectivity index (χ2n) is 7.50. The Morgan fingerprint density at radius 1 is 0.879 bits per heavy atom. The number of nitrogens with one attached hydrogen (secondary N) is 4. The lowest BCUT2D eigenvalue weighted by Crippen LogP contribution is -2.29. The largest absolute Gasteiger partial charge is 0.368 e. The number of anilines is 2. The summed E-state index contributed by atoms with van der Waals surface area (Å²) in [4.78, 5) is 33.8. The number of carbonyl (C=O) groups is 2.